The summed E-state index contributed by atoms with van der Waals surface area (Å²) in [5.41, 5.74) is 6.13. The van der Waals surface area contributed by atoms with Crippen LogP contribution < -0.4 is 0 Å². The molecule has 0 unspecified atom stereocenters. The maximum atomic E-state index is 6.28. The summed E-state index contributed by atoms with van der Waals surface area (Å²) >= 11 is 6.28. The fraction of sp³-hybridized carbons (Fsp3) is 0.276. The van der Waals surface area contributed by atoms with Gasteiger partial charge in [-0.15, -0.1) is 0 Å². The Hall–Kier alpha value is -2.88. The Bertz CT molecular complexity index is 1150. The molecule has 170 valence electrons. The lowest BCUT2D eigenvalue weighted by atomic mass is 10.1. The van der Waals surface area contributed by atoms with Crippen molar-refractivity contribution in [2.75, 3.05) is 0 Å². The van der Waals surface area contributed by atoms with Crippen molar-refractivity contribution in [3.05, 3.63) is 112 Å². The minimum absolute atomic E-state index is 0.818. The quantitative estimate of drug-likeness (QED) is 0.245. The molecule has 4 rings (SSSR count). The lowest BCUT2D eigenvalue weighted by molar-refractivity contribution is 0.241. The van der Waals surface area contributed by atoms with Crippen LogP contribution in [0.1, 0.15) is 42.1 Å². The highest BCUT2D eigenvalue weighted by Crippen LogP contribution is 2.24. The zero-order chi connectivity index (χ0) is 23.0. The molecule has 0 aliphatic carbocycles. The third kappa shape index (κ3) is 6.13. The normalized spacial score (nSPS) is 11.3. The molecule has 0 bridgehead atoms. The van der Waals surface area contributed by atoms with E-state index in [1.54, 1.807) is 0 Å². The molecule has 0 atom stereocenters. The topological polar surface area (TPSA) is 21.1 Å². The molecule has 4 aromatic rings. The van der Waals surface area contributed by atoms with E-state index in [2.05, 4.69) is 102 Å². The average Bonchev–Trinajstić information content (AvgIpc) is 3.23. The molecule has 0 aliphatic heterocycles. The zero-order valence-electron chi connectivity index (χ0n) is 19.5. The number of hydrogen-bond acceptors (Lipinski definition) is 2. The van der Waals surface area contributed by atoms with Crippen molar-refractivity contribution in [2.24, 2.45) is 0 Å². The Morgan fingerprint density at radius 3 is 2.24 bits per heavy atom. The molecule has 4 heteroatoms. The van der Waals surface area contributed by atoms with Gasteiger partial charge in [-0.05, 0) is 36.1 Å². The molecule has 0 saturated carbocycles. The van der Waals surface area contributed by atoms with Crippen LogP contribution in [0.3, 0.4) is 0 Å². The summed E-state index contributed by atoms with van der Waals surface area (Å²) in [6.07, 6.45) is 4.35. The van der Waals surface area contributed by atoms with Crippen molar-refractivity contribution in [3.8, 4) is 11.4 Å². The average molecular weight is 458 g/mol. The van der Waals surface area contributed by atoms with Gasteiger partial charge in [-0.1, -0.05) is 97.7 Å². The maximum Gasteiger partial charge on any atom is 0.140 e. The van der Waals surface area contributed by atoms with Crippen molar-refractivity contribution in [1.82, 2.24) is 14.5 Å². The second-order valence-corrected chi connectivity index (χ2v) is 9.07. The number of nitrogens with zero attached hydrogens (tertiary/aromatic N) is 3. The van der Waals surface area contributed by atoms with Crippen LogP contribution in [0.2, 0.25) is 5.02 Å². The maximum absolute atomic E-state index is 6.28. The van der Waals surface area contributed by atoms with Crippen LogP contribution in [0.15, 0.2) is 85.1 Å². The first-order valence-electron chi connectivity index (χ1n) is 11.7. The molecule has 0 fully saturated rings. The van der Waals surface area contributed by atoms with Gasteiger partial charge in [0, 0.05) is 36.8 Å². The molecule has 0 spiro atoms. The predicted octanol–water partition coefficient (Wildman–Crippen LogP) is 7.51. The van der Waals surface area contributed by atoms with Crippen LogP contribution in [-0.2, 0) is 26.2 Å². The minimum atomic E-state index is 0.818. The van der Waals surface area contributed by atoms with E-state index in [9.17, 15) is 0 Å². The fourth-order valence-corrected chi connectivity index (χ4v) is 4.34. The Labute approximate surface area is 202 Å². The highest BCUT2D eigenvalue weighted by atomic mass is 35.5. The largest absolute Gasteiger partial charge is 0.327 e. The standard InChI is InChI=1S/C29H32ClN3/c1-3-4-17-33-27(19-31-29(33)26-13-9-6-10-14-26)22-32(20-24-11-7-5-8-12-24)21-25-15-16-28(30)23(2)18-25/h5-16,18-19H,3-4,17,20-22H2,1-2H3. The molecule has 0 amide bonds. The van der Waals surface area contributed by atoms with E-state index in [0.29, 0.717) is 0 Å². The summed E-state index contributed by atoms with van der Waals surface area (Å²) in [4.78, 5) is 7.34. The van der Waals surface area contributed by atoms with E-state index < -0.39 is 0 Å². The number of rotatable bonds is 10. The van der Waals surface area contributed by atoms with Crippen LogP contribution in [0.5, 0.6) is 0 Å². The lowest BCUT2D eigenvalue weighted by Gasteiger charge is -2.24. The SMILES string of the molecule is CCCCn1c(CN(Cc2ccccc2)Cc2ccc(Cl)c(C)c2)cnc1-c1ccccc1. The van der Waals surface area contributed by atoms with Crippen LogP contribution in [0.25, 0.3) is 11.4 Å². The van der Waals surface area contributed by atoms with Gasteiger partial charge in [0.25, 0.3) is 0 Å². The zero-order valence-corrected chi connectivity index (χ0v) is 20.3. The monoisotopic (exact) mass is 457 g/mol. The third-order valence-corrected chi connectivity index (χ3v) is 6.39. The van der Waals surface area contributed by atoms with Gasteiger partial charge in [0.05, 0.1) is 11.9 Å². The number of imidazole rings is 1. The van der Waals surface area contributed by atoms with E-state index in [1.807, 2.05) is 6.07 Å². The molecule has 0 aliphatic rings. The molecule has 33 heavy (non-hydrogen) atoms. The molecule has 0 N–H and O–H groups in total. The lowest BCUT2D eigenvalue weighted by Crippen LogP contribution is -2.24. The summed E-state index contributed by atoms with van der Waals surface area (Å²) in [5.74, 6) is 1.06. The highest BCUT2D eigenvalue weighted by Gasteiger charge is 2.16. The second kappa shape index (κ2) is 11.3. The first-order chi connectivity index (χ1) is 16.1. The van der Waals surface area contributed by atoms with Gasteiger partial charge in [0.1, 0.15) is 5.82 Å². The Kier molecular flexibility index (Phi) is 7.98. The Morgan fingerprint density at radius 1 is 0.848 bits per heavy atom. The van der Waals surface area contributed by atoms with E-state index in [1.165, 1.54) is 22.4 Å². The third-order valence-electron chi connectivity index (χ3n) is 5.97. The summed E-state index contributed by atoms with van der Waals surface area (Å²) in [7, 11) is 0. The fourth-order valence-electron chi connectivity index (χ4n) is 4.22. The van der Waals surface area contributed by atoms with Crippen LogP contribution >= 0.6 is 11.6 Å². The first-order valence-corrected chi connectivity index (χ1v) is 12.1. The number of benzene rings is 3. The summed E-state index contributed by atoms with van der Waals surface area (Å²) in [5, 5.41) is 0.818. The summed E-state index contributed by atoms with van der Waals surface area (Å²) in [6, 6.07) is 27.5. The number of hydrogen-bond donors (Lipinski definition) is 0. The molecule has 1 aromatic heterocycles. The number of aromatic nitrogens is 2. The van der Waals surface area contributed by atoms with Crippen molar-refractivity contribution in [3.63, 3.8) is 0 Å². The summed E-state index contributed by atoms with van der Waals surface area (Å²) < 4.78 is 2.41. The van der Waals surface area contributed by atoms with Crippen molar-refractivity contribution in [1.29, 1.82) is 0 Å². The van der Waals surface area contributed by atoms with Gasteiger partial charge < -0.3 is 4.57 Å². The molecule has 3 aromatic carbocycles. The first kappa shape index (κ1) is 23.3. The summed E-state index contributed by atoms with van der Waals surface area (Å²) in [6.45, 7) is 7.85. The van der Waals surface area contributed by atoms with Gasteiger partial charge >= 0.3 is 0 Å². The molecular formula is C29H32ClN3. The second-order valence-electron chi connectivity index (χ2n) is 8.66. The molecule has 0 saturated heterocycles. The van der Waals surface area contributed by atoms with Crippen LogP contribution in [0.4, 0.5) is 0 Å². The van der Waals surface area contributed by atoms with Crippen LogP contribution in [0, 0.1) is 6.92 Å². The molecule has 3 nitrogen and oxygen atoms in total. The van der Waals surface area contributed by atoms with Crippen LogP contribution in [-0.4, -0.2) is 14.5 Å². The minimum Gasteiger partial charge on any atom is -0.327 e. The Morgan fingerprint density at radius 2 is 1.55 bits per heavy atom. The molecule has 0 radical (unpaired) electrons. The highest BCUT2D eigenvalue weighted by molar-refractivity contribution is 6.31. The van der Waals surface area contributed by atoms with E-state index in [4.69, 9.17) is 16.6 Å². The predicted molar refractivity (Wildman–Crippen MR) is 138 cm³/mol. The smallest absolute Gasteiger partial charge is 0.140 e. The van der Waals surface area contributed by atoms with E-state index in [-0.39, 0.29) is 0 Å². The van der Waals surface area contributed by atoms with Gasteiger partial charge in [0.15, 0.2) is 0 Å². The van der Waals surface area contributed by atoms with Gasteiger partial charge in [-0.3, -0.25) is 4.90 Å². The Balaban J connectivity index is 1.64. The number of unbranched alkanes of at least 4 members (excludes halogenated alkanes) is 1. The van der Waals surface area contributed by atoms with Gasteiger partial charge in [-0.2, -0.15) is 0 Å². The molecule has 1 heterocycles. The van der Waals surface area contributed by atoms with Gasteiger partial charge in [0.2, 0.25) is 0 Å². The van der Waals surface area contributed by atoms with Gasteiger partial charge in [-0.25, -0.2) is 4.98 Å². The van der Waals surface area contributed by atoms with Crippen molar-refractivity contribution in [2.45, 2.75) is 52.9 Å². The van der Waals surface area contributed by atoms with Crippen molar-refractivity contribution < 1.29 is 0 Å². The van der Waals surface area contributed by atoms with E-state index in [0.717, 1.165) is 55.4 Å². The van der Waals surface area contributed by atoms with Crippen molar-refractivity contribution >= 4 is 11.6 Å². The molecular weight excluding hydrogens is 426 g/mol. The number of halogens is 1. The number of aryl methyl sites for hydroxylation is 1. The van der Waals surface area contributed by atoms with E-state index >= 15 is 0 Å².